The van der Waals surface area contributed by atoms with Crippen LogP contribution in [0.4, 0.5) is 11.4 Å². The first-order valence-corrected chi connectivity index (χ1v) is 13.1. The molecule has 2 amide bonds. The number of amides is 2. The van der Waals surface area contributed by atoms with Gasteiger partial charge in [-0.25, -0.2) is 0 Å². The second-order valence-corrected chi connectivity index (χ2v) is 11.2. The van der Waals surface area contributed by atoms with Crippen molar-refractivity contribution in [3.63, 3.8) is 0 Å². The molecule has 0 fully saturated rings. The second-order valence-electron chi connectivity index (χ2n) is 9.38. The van der Waals surface area contributed by atoms with Crippen LogP contribution >= 0.6 is 35.2 Å². The number of rotatable bonds is 5. The number of benzene rings is 3. The van der Waals surface area contributed by atoms with Gasteiger partial charge in [0, 0.05) is 27.0 Å². The number of hydrogen-bond acceptors (Lipinski definition) is 5. The summed E-state index contributed by atoms with van der Waals surface area (Å²) in [6.07, 6.45) is 0. The number of thiophene rings is 1. The molecule has 0 unspecified atom stereocenters. The summed E-state index contributed by atoms with van der Waals surface area (Å²) in [5.41, 5.74) is 2.93. The van der Waals surface area contributed by atoms with Crippen molar-refractivity contribution in [3.8, 4) is 5.75 Å². The number of fused-ring (bicyclic) bond motifs is 1. The summed E-state index contributed by atoms with van der Waals surface area (Å²) in [4.78, 5) is 25.9. The van der Waals surface area contributed by atoms with E-state index in [4.69, 9.17) is 28.6 Å². The van der Waals surface area contributed by atoms with Gasteiger partial charge in [0.05, 0.1) is 12.1 Å². The normalized spacial score (nSPS) is 11.2. The van der Waals surface area contributed by atoms with E-state index in [0.29, 0.717) is 32.6 Å². The summed E-state index contributed by atoms with van der Waals surface area (Å²) in [5.74, 6) is 0.0545. The highest BCUT2D eigenvalue weighted by Gasteiger charge is 2.19. The zero-order valence-electron chi connectivity index (χ0n) is 20.8. The topological polar surface area (TPSA) is 79.5 Å². The summed E-state index contributed by atoms with van der Waals surface area (Å²) in [7, 11) is 1.58. The van der Waals surface area contributed by atoms with Crippen LogP contribution in [0.1, 0.15) is 46.4 Å². The number of anilines is 2. The molecule has 3 aromatic carbocycles. The van der Waals surface area contributed by atoms with Crippen LogP contribution in [-0.2, 0) is 5.41 Å². The molecule has 0 saturated heterocycles. The summed E-state index contributed by atoms with van der Waals surface area (Å²) in [6.45, 7) is 6.38. The first-order valence-electron chi connectivity index (χ1n) is 11.5. The van der Waals surface area contributed by atoms with Gasteiger partial charge < -0.3 is 15.4 Å². The van der Waals surface area contributed by atoms with Gasteiger partial charge in [0.2, 0.25) is 0 Å². The van der Waals surface area contributed by atoms with Crippen molar-refractivity contribution in [2.45, 2.75) is 26.2 Å². The van der Waals surface area contributed by atoms with E-state index in [9.17, 15) is 9.59 Å². The summed E-state index contributed by atoms with van der Waals surface area (Å²) in [6, 6.07) is 20.1. The molecule has 6 nitrogen and oxygen atoms in total. The number of ether oxygens (including phenoxy) is 1. The quantitative estimate of drug-likeness (QED) is 0.228. The highest BCUT2D eigenvalue weighted by molar-refractivity contribution is 7.80. The SMILES string of the molecule is COc1ccc2c(Cl)c(C(=O)NC(=S)Nc3cccc(NC(=O)c4ccc(C(C)(C)C)cc4)c3)sc2c1. The van der Waals surface area contributed by atoms with Crippen molar-refractivity contribution in [2.24, 2.45) is 0 Å². The fourth-order valence-corrected chi connectivity index (χ4v) is 5.29. The highest BCUT2D eigenvalue weighted by atomic mass is 35.5. The van der Waals surface area contributed by atoms with E-state index >= 15 is 0 Å². The Morgan fingerprint density at radius 2 is 1.59 bits per heavy atom. The van der Waals surface area contributed by atoms with Gasteiger partial charge in [0.15, 0.2) is 5.11 Å². The first kappa shape index (κ1) is 26.6. The lowest BCUT2D eigenvalue weighted by Crippen LogP contribution is -2.33. The average Bonchev–Trinajstić information content (AvgIpc) is 3.19. The minimum absolute atomic E-state index is 0.0126. The molecule has 0 aliphatic heterocycles. The summed E-state index contributed by atoms with van der Waals surface area (Å²) >= 11 is 13.0. The Morgan fingerprint density at radius 1 is 0.919 bits per heavy atom. The third-order valence-corrected chi connectivity index (χ3v) is 7.52. The lowest BCUT2D eigenvalue weighted by atomic mass is 9.87. The standard InChI is InChI=1S/C28H26ClN3O3S2/c1-28(2,3)17-10-8-16(9-11-17)25(33)30-18-6-5-7-19(14-18)31-27(36)32-26(34)24-23(29)21-13-12-20(35-4)15-22(21)37-24/h5-15H,1-4H3,(H,30,33)(H2,31,32,34,36). The predicted molar refractivity (Wildman–Crippen MR) is 157 cm³/mol. The van der Waals surface area contributed by atoms with Crippen molar-refractivity contribution in [3.05, 3.63) is 87.8 Å². The Hall–Kier alpha value is -3.46. The maximum atomic E-state index is 12.8. The molecule has 0 bridgehead atoms. The number of carbonyl (C=O) groups is 2. The van der Waals surface area contributed by atoms with Gasteiger partial charge in [-0.2, -0.15) is 0 Å². The fourth-order valence-electron chi connectivity index (χ4n) is 3.64. The fraction of sp³-hybridized carbons (Fsp3) is 0.179. The maximum Gasteiger partial charge on any atom is 0.269 e. The number of methoxy groups -OCH3 is 1. The van der Waals surface area contributed by atoms with Crippen LogP contribution in [-0.4, -0.2) is 24.0 Å². The largest absolute Gasteiger partial charge is 0.497 e. The Balaban J connectivity index is 1.40. The highest BCUT2D eigenvalue weighted by Crippen LogP contribution is 2.37. The van der Waals surface area contributed by atoms with E-state index in [0.717, 1.165) is 15.6 Å². The molecule has 0 spiro atoms. The molecular formula is C28H26ClN3O3S2. The molecule has 0 aliphatic carbocycles. The molecule has 1 heterocycles. The molecule has 0 saturated carbocycles. The van der Waals surface area contributed by atoms with Gasteiger partial charge in [0.1, 0.15) is 10.6 Å². The molecule has 1 aromatic heterocycles. The van der Waals surface area contributed by atoms with Crippen molar-refractivity contribution in [2.75, 3.05) is 17.7 Å². The monoisotopic (exact) mass is 551 g/mol. The minimum Gasteiger partial charge on any atom is -0.497 e. The number of thiocarbonyl (C=S) groups is 1. The van der Waals surface area contributed by atoms with Gasteiger partial charge in [-0.05, 0) is 71.7 Å². The zero-order chi connectivity index (χ0) is 26.7. The zero-order valence-corrected chi connectivity index (χ0v) is 23.2. The third-order valence-electron chi connectivity index (χ3n) is 5.66. The number of halogens is 1. The van der Waals surface area contributed by atoms with Crippen LogP contribution < -0.4 is 20.7 Å². The maximum absolute atomic E-state index is 12.8. The predicted octanol–water partition coefficient (Wildman–Crippen LogP) is 7.24. The molecule has 37 heavy (non-hydrogen) atoms. The van der Waals surface area contributed by atoms with Crippen molar-refractivity contribution < 1.29 is 14.3 Å². The smallest absolute Gasteiger partial charge is 0.269 e. The van der Waals surface area contributed by atoms with Gasteiger partial charge >= 0.3 is 0 Å². The van der Waals surface area contributed by atoms with Crippen LogP contribution in [0.5, 0.6) is 5.75 Å². The molecule has 0 atom stereocenters. The van der Waals surface area contributed by atoms with E-state index in [1.54, 1.807) is 37.4 Å². The number of hydrogen-bond donors (Lipinski definition) is 3. The average molecular weight is 552 g/mol. The lowest BCUT2D eigenvalue weighted by molar-refractivity contribution is 0.0980. The third kappa shape index (κ3) is 6.28. The number of carbonyl (C=O) groups excluding carboxylic acids is 2. The van der Waals surface area contributed by atoms with E-state index in [2.05, 4.69) is 36.7 Å². The Morgan fingerprint density at radius 3 is 2.24 bits per heavy atom. The molecule has 9 heteroatoms. The summed E-state index contributed by atoms with van der Waals surface area (Å²) < 4.78 is 6.08. The molecule has 4 aromatic rings. The Kier molecular flexibility index (Phi) is 7.82. The van der Waals surface area contributed by atoms with Crippen LogP contribution in [0.25, 0.3) is 10.1 Å². The Bertz CT molecular complexity index is 1490. The molecular weight excluding hydrogens is 526 g/mol. The second kappa shape index (κ2) is 10.9. The van der Waals surface area contributed by atoms with Crippen molar-refractivity contribution in [1.82, 2.24) is 5.32 Å². The van der Waals surface area contributed by atoms with E-state index in [-0.39, 0.29) is 16.4 Å². The van der Waals surface area contributed by atoms with Crippen LogP contribution in [0, 0.1) is 0 Å². The van der Waals surface area contributed by atoms with Crippen LogP contribution in [0.15, 0.2) is 66.7 Å². The number of nitrogens with one attached hydrogen (secondary N) is 3. The molecule has 0 aliphatic rings. The van der Waals surface area contributed by atoms with E-state index in [1.165, 1.54) is 11.3 Å². The lowest BCUT2D eigenvalue weighted by Gasteiger charge is -2.19. The van der Waals surface area contributed by atoms with Crippen molar-refractivity contribution >= 4 is 73.5 Å². The molecule has 0 radical (unpaired) electrons. The first-order chi connectivity index (χ1) is 17.5. The Labute approximate surface area is 230 Å². The molecule has 4 rings (SSSR count). The van der Waals surface area contributed by atoms with Gasteiger partial charge in [-0.15, -0.1) is 11.3 Å². The van der Waals surface area contributed by atoms with E-state index < -0.39 is 5.91 Å². The van der Waals surface area contributed by atoms with Gasteiger partial charge in [-0.1, -0.05) is 50.6 Å². The van der Waals surface area contributed by atoms with Crippen LogP contribution in [0.2, 0.25) is 5.02 Å². The van der Waals surface area contributed by atoms with E-state index in [1.807, 2.05) is 36.4 Å². The molecule has 3 N–H and O–H groups in total. The summed E-state index contributed by atoms with van der Waals surface area (Å²) in [5, 5.41) is 9.79. The van der Waals surface area contributed by atoms with Crippen LogP contribution in [0.3, 0.4) is 0 Å². The minimum atomic E-state index is -0.411. The molecule has 190 valence electrons. The van der Waals surface area contributed by atoms with Gasteiger partial charge in [0.25, 0.3) is 11.8 Å². The van der Waals surface area contributed by atoms with Gasteiger partial charge in [-0.3, -0.25) is 14.9 Å². The van der Waals surface area contributed by atoms with Crippen molar-refractivity contribution in [1.29, 1.82) is 0 Å².